The second kappa shape index (κ2) is 4.30. The maximum absolute atomic E-state index is 3.83. The Morgan fingerprint density at radius 3 is 2.64 bits per heavy atom. The first-order valence-corrected chi connectivity index (χ1v) is 5.04. The Morgan fingerprint density at radius 1 is 1.29 bits per heavy atom. The number of nitrogens with zero attached hydrogens (tertiary/aromatic N) is 2. The first-order valence-electron chi connectivity index (χ1n) is 4.27. The van der Waals surface area contributed by atoms with E-state index in [1.165, 1.54) is 17.1 Å². The molecule has 2 rings (SSSR count). The van der Waals surface area contributed by atoms with Gasteiger partial charge in [-0.2, -0.15) is 0 Å². The van der Waals surface area contributed by atoms with Crippen molar-refractivity contribution in [3.63, 3.8) is 0 Å². The third-order valence-corrected chi connectivity index (χ3v) is 2.64. The van der Waals surface area contributed by atoms with Crippen LogP contribution < -0.4 is 5.32 Å². The Bertz CT molecular complexity index is 380. The van der Waals surface area contributed by atoms with Crippen molar-refractivity contribution < 1.29 is 0 Å². The van der Waals surface area contributed by atoms with Gasteiger partial charge >= 0.3 is 0 Å². The zero-order valence-electron chi connectivity index (χ0n) is 7.60. The number of rotatable bonds is 3. The predicted octanol–water partition coefficient (Wildman–Crippen LogP) is 2.09. The van der Waals surface area contributed by atoms with Crippen LogP contribution in [0.2, 0.25) is 0 Å². The molecule has 0 saturated carbocycles. The monoisotopic (exact) mass is 204 g/mol. The minimum atomic E-state index is 0.793. The van der Waals surface area contributed by atoms with E-state index in [0.717, 1.165) is 17.0 Å². The fraction of sp³-hybridized carbons (Fsp3) is 0.100. The maximum atomic E-state index is 3.83. The van der Waals surface area contributed by atoms with Crippen LogP contribution >= 0.6 is 11.5 Å². The Kier molecular flexibility index (Phi) is 2.86. The van der Waals surface area contributed by atoms with Crippen LogP contribution in [-0.4, -0.2) is 9.59 Å². The summed E-state index contributed by atoms with van der Waals surface area (Å²) in [4.78, 5) is 1.10. The molecule has 0 fully saturated rings. The van der Waals surface area contributed by atoms with Crippen LogP contribution in [0, 0.1) is 7.05 Å². The van der Waals surface area contributed by atoms with E-state index in [4.69, 9.17) is 0 Å². The quantitative estimate of drug-likeness (QED) is 0.831. The number of benzene rings is 1. The Labute approximate surface area is 87.0 Å². The number of hydrogen-bond donors (Lipinski definition) is 1. The number of aromatic nitrogens is 2. The van der Waals surface area contributed by atoms with Gasteiger partial charge in [-0.05, 0) is 22.7 Å². The van der Waals surface area contributed by atoms with E-state index in [-0.39, 0.29) is 0 Å². The standard InChI is InChI=1S/C10H10N3S/c1-11-6-8-2-4-9(5-3-8)10-7-12-13-14-10/h2-5,7,11H,1,6H2. The molecule has 4 heteroatoms. The van der Waals surface area contributed by atoms with Gasteiger partial charge in [0.05, 0.1) is 11.1 Å². The predicted molar refractivity (Wildman–Crippen MR) is 57.5 cm³/mol. The van der Waals surface area contributed by atoms with E-state index in [9.17, 15) is 0 Å². The van der Waals surface area contributed by atoms with Gasteiger partial charge in [0.15, 0.2) is 0 Å². The van der Waals surface area contributed by atoms with E-state index in [1.807, 2.05) is 0 Å². The first kappa shape index (κ1) is 9.30. The summed E-state index contributed by atoms with van der Waals surface area (Å²) in [6.45, 7) is 0.793. The molecule has 71 valence electrons. The average molecular weight is 204 g/mol. The molecule has 1 aromatic heterocycles. The maximum Gasteiger partial charge on any atom is 0.0753 e. The summed E-state index contributed by atoms with van der Waals surface area (Å²) in [6.07, 6.45) is 1.78. The summed E-state index contributed by atoms with van der Waals surface area (Å²) >= 11 is 1.41. The van der Waals surface area contributed by atoms with Crippen molar-refractivity contribution in [2.45, 2.75) is 6.54 Å². The lowest BCUT2D eigenvalue weighted by atomic mass is 10.1. The largest absolute Gasteiger partial charge is 0.311 e. The molecular formula is C10H10N3S. The molecule has 0 aliphatic carbocycles. The molecule has 0 atom stereocenters. The zero-order chi connectivity index (χ0) is 9.80. The van der Waals surface area contributed by atoms with Gasteiger partial charge in [-0.25, -0.2) is 0 Å². The molecule has 14 heavy (non-hydrogen) atoms. The lowest BCUT2D eigenvalue weighted by Gasteiger charge is -2.00. The van der Waals surface area contributed by atoms with Gasteiger partial charge in [0, 0.05) is 13.6 Å². The molecule has 1 radical (unpaired) electrons. The van der Waals surface area contributed by atoms with Crippen LogP contribution in [0.4, 0.5) is 0 Å². The molecule has 0 amide bonds. The van der Waals surface area contributed by atoms with Crippen molar-refractivity contribution in [1.82, 2.24) is 14.9 Å². The van der Waals surface area contributed by atoms with E-state index < -0.39 is 0 Å². The summed E-state index contributed by atoms with van der Waals surface area (Å²) in [7, 11) is 3.59. The molecule has 1 aromatic carbocycles. The van der Waals surface area contributed by atoms with Gasteiger partial charge in [-0.1, -0.05) is 28.8 Å². The highest BCUT2D eigenvalue weighted by Gasteiger charge is 1.99. The van der Waals surface area contributed by atoms with Crippen LogP contribution in [0.3, 0.4) is 0 Å². The smallest absolute Gasteiger partial charge is 0.0753 e. The molecule has 1 N–H and O–H groups in total. The van der Waals surface area contributed by atoms with Gasteiger partial charge in [-0.15, -0.1) is 5.10 Å². The van der Waals surface area contributed by atoms with Crippen molar-refractivity contribution >= 4 is 11.5 Å². The van der Waals surface area contributed by atoms with Gasteiger partial charge in [0.1, 0.15) is 0 Å². The SMILES string of the molecule is [CH2]NCc1ccc(-c2cnns2)cc1. The van der Waals surface area contributed by atoms with E-state index in [0.29, 0.717) is 0 Å². The minimum absolute atomic E-state index is 0.793. The third kappa shape index (κ3) is 1.97. The molecule has 0 aliphatic rings. The fourth-order valence-electron chi connectivity index (χ4n) is 1.23. The van der Waals surface area contributed by atoms with Crippen LogP contribution in [0.25, 0.3) is 10.4 Å². The highest BCUT2D eigenvalue weighted by Crippen LogP contribution is 2.21. The zero-order valence-corrected chi connectivity index (χ0v) is 8.42. The second-order valence-corrected chi connectivity index (χ2v) is 3.69. The highest BCUT2D eigenvalue weighted by molar-refractivity contribution is 7.09. The molecule has 2 aromatic rings. The molecule has 0 spiro atoms. The van der Waals surface area contributed by atoms with Crippen LogP contribution in [0.1, 0.15) is 5.56 Å². The lowest BCUT2D eigenvalue weighted by Crippen LogP contribution is -2.01. The van der Waals surface area contributed by atoms with Crippen LogP contribution in [0.5, 0.6) is 0 Å². The van der Waals surface area contributed by atoms with Gasteiger partial charge in [0.2, 0.25) is 0 Å². The van der Waals surface area contributed by atoms with E-state index in [1.54, 1.807) is 6.20 Å². The van der Waals surface area contributed by atoms with Crippen molar-refractivity contribution in [2.24, 2.45) is 0 Å². The average Bonchev–Trinajstić information content (AvgIpc) is 2.72. The first-order chi connectivity index (χ1) is 6.90. The van der Waals surface area contributed by atoms with Crippen molar-refractivity contribution in [3.05, 3.63) is 43.1 Å². The van der Waals surface area contributed by atoms with Crippen molar-refractivity contribution in [1.29, 1.82) is 0 Å². The van der Waals surface area contributed by atoms with Crippen LogP contribution in [-0.2, 0) is 6.54 Å². The Hall–Kier alpha value is -1.26. The van der Waals surface area contributed by atoms with E-state index in [2.05, 4.69) is 46.2 Å². The second-order valence-electron chi connectivity index (χ2n) is 2.91. The molecule has 1 heterocycles. The molecule has 3 nitrogen and oxygen atoms in total. The third-order valence-electron chi connectivity index (χ3n) is 1.93. The van der Waals surface area contributed by atoms with Gasteiger partial charge < -0.3 is 5.32 Å². The van der Waals surface area contributed by atoms with Crippen molar-refractivity contribution in [3.8, 4) is 10.4 Å². The van der Waals surface area contributed by atoms with Crippen LogP contribution in [0.15, 0.2) is 30.5 Å². The minimum Gasteiger partial charge on any atom is -0.311 e. The lowest BCUT2D eigenvalue weighted by molar-refractivity contribution is 0.866. The summed E-state index contributed by atoms with van der Waals surface area (Å²) < 4.78 is 3.83. The topological polar surface area (TPSA) is 37.8 Å². The summed E-state index contributed by atoms with van der Waals surface area (Å²) in [5.74, 6) is 0. The fourth-order valence-corrected chi connectivity index (χ4v) is 1.74. The van der Waals surface area contributed by atoms with E-state index >= 15 is 0 Å². The highest BCUT2D eigenvalue weighted by atomic mass is 32.1. The van der Waals surface area contributed by atoms with Gasteiger partial charge in [0.25, 0.3) is 0 Å². The molecule has 0 aliphatic heterocycles. The molecule has 0 saturated heterocycles. The molecule has 0 bridgehead atoms. The Balaban J connectivity index is 2.22. The Morgan fingerprint density at radius 2 is 2.07 bits per heavy atom. The summed E-state index contributed by atoms with van der Waals surface area (Å²) in [6, 6.07) is 8.30. The normalized spacial score (nSPS) is 10.4. The summed E-state index contributed by atoms with van der Waals surface area (Å²) in [5.41, 5.74) is 2.38. The van der Waals surface area contributed by atoms with Gasteiger partial charge in [-0.3, -0.25) is 0 Å². The number of hydrogen-bond acceptors (Lipinski definition) is 4. The molecular weight excluding hydrogens is 194 g/mol. The number of nitrogens with one attached hydrogen (secondary N) is 1. The van der Waals surface area contributed by atoms with Crippen molar-refractivity contribution in [2.75, 3.05) is 0 Å². The molecule has 0 unspecified atom stereocenters. The summed E-state index contributed by atoms with van der Waals surface area (Å²) in [5, 5.41) is 6.67.